The summed E-state index contributed by atoms with van der Waals surface area (Å²) in [5, 5.41) is 3.96. The second kappa shape index (κ2) is 11.4. The number of hydrogen-bond acceptors (Lipinski definition) is 5. The van der Waals surface area contributed by atoms with Gasteiger partial charge in [-0.3, -0.25) is 4.79 Å². The van der Waals surface area contributed by atoms with E-state index in [0.717, 1.165) is 21.2 Å². The number of hydrazone groups is 1. The molecule has 7 heteroatoms. The number of nitrogens with zero attached hydrogens (tertiary/aromatic N) is 1. The summed E-state index contributed by atoms with van der Waals surface area (Å²) in [6.07, 6.45) is 1.50. The van der Waals surface area contributed by atoms with Crippen molar-refractivity contribution >= 4 is 34.0 Å². The quantitative estimate of drug-likeness (QED) is 0.185. The lowest BCUT2D eigenvalue weighted by atomic mass is 10.0. The van der Waals surface area contributed by atoms with E-state index >= 15 is 0 Å². The zero-order chi connectivity index (χ0) is 23.8. The average molecular weight is 509 g/mol. The predicted molar refractivity (Wildman–Crippen MR) is 132 cm³/mol. The van der Waals surface area contributed by atoms with E-state index in [2.05, 4.69) is 40.3 Å². The highest BCUT2D eigenvalue weighted by atomic mass is 79.9. The van der Waals surface area contributed by atoms with Crippen LogP contribution in [-0.2, 0) is 4.79 Å². The fraction of sp³-hybridized carbons (Fsp3) is 0.192. The number of benzene rings is 3. The molecule has 0 aromatic heterocycles. The van der Waals surface area contributed by atoms with E-state index in [0.29, 0.717) is 23.0 Å². The normalized spacial score (nSPS) is 10.9. The molecule has 0 radical (unpaired) electrons. The summed E-state index contributed by atoms with van der Waals surface area (Å²) in [5.41, 5.74) is 5.77. The van der Waals surface area contributed by atoms with E-state index in [-0.39, 0.29) is 12.5 Å². The Balaban J connectivity index is 1.49. The lowest BCUT2D eigenvalue weighted by Gasteiger charge is -2.14. The Morgan fingerprint density at radius 1 is 1.03 bits per heavy atom. The number of halogens is 1. The molecule has 3 rings (SSSR count). The molecule has 0 fully saturated rings. The molecule has 0 spiro atoms. The number of esters is 1. The summed E-state index contributed by atoms with van der Waals surface area (Å²) in [7, 11) is 0. The lowest BCUT2D eigenvalue weighted by molar-refractivity contribution is -0.123. The number of amides is 1. The molecule has 0 saturated carbocycles. The van der Waals surface area contributed by atoms with Crippen LogP contribution in [0.25, 0.3) is 0 Å². The molecule has 170 valence electrons. The first-order valence-corrected chi connectivity index (χ1v) is 11.2. The molecule has 0 bridgehead atoms. The molecule has 0 saturated heterocycles. The number of aryl methyl sites for hydroxylation is 1. The highest BCUT2D eigenvalue weighted by Crippen LogP contribution is 2.27. The van der Waals surface area contributed by atoms with Crippen LogP contribution >= 0.6 is 15.9 Å². The Morgan fingerprint density at radius 2 is 1.73 bits per heavy atom. The van der Waals surface area contributed by atoms with E-state index < -0.39 is 5.97 Å². The van der Waals surface area contributed by atoms with Crippen LogP contribution in [0.15, 0.2) is 76.3 Å². The zero-order valence-electron chi connectivity index (χ0n) is 18.7. The van der Waals surface area contributed by atoms with Gasteiger partial charge in [-0.15, -0.1) is 0 Å². The van der Waals surface area contributed by atoms with Crippen LogP contribution in [0.5, 0.6) is 11.5 Å². The van der Waals surface area contributed by atoms with Crippen LogP contribution in [0.3, 0.4) is 0 Å². The molecule has 3 aromatic rings. The van der Waals surface area contributed by atoms with E-state index in [1.54, 1.807) is 48.5 Å². The Bertz CT molecular complexity index is 1140. The van der Waals surface area contributed by atoms with Gasteiger partial charge in [0.15, 0.2) is 6.61 Å². The maximum Gasteiger partial charge on any atom is 0.343 e. The first-order chi connectivity index (χ1) is 15.8. The molecule has 0 heterocycles. The van der Waals surface area contributed by atoms with Crippen LogP contribution in [0.1, 0.15) is 46.8 Å². The molecule has 0 unspecified atom stereocenters. The zero-order valence-corrected chi connectivity index (χ0v) is 20.3. The van der Waals surface area contributed by atoms with Gasteiger partial charge in [0.1, 0.15) is 11.5 Å². The van der Waals surface area contributed by atoms with Crippen LogP contribution in [0.4, 0.5) is 0 Å². The van der Waals surface area contributed by atoms with Crippen LogP contribution < -0.4 is 14.9 Å². The highest BCUT2D eigenvalue weighted by molar-refractivity contribution is 9.10. The summed E-state index contributed by atoms with van der Waals surface area (Å²) >= 11 is 3.33. The van der Waals surface area contributed by atoms with Crippen molar-refractivity contribution in [3.63, 3.8) is 0 Å². The number of ether oxygens (including phenoxy) is 2. The van der Waals surface area contributed by atoms with Crippen molar-refractivity contribution in [3.05, 3.63) is 93.5 Å². The van der Waals surface area contributed by atoms with Gasteiger partial charge in [-0.1, -0.05) is 41.9 Å². The number of hydrogen-bond donors (Lipinski definition) is 1. The number of carbonyl (C=O) groups excluding carboxylic acids is 2. The third-order valence-electron chi connectivity index (χ3n) is 4.72. The molecule has 0 aliphatic heterocycles. The van der Waals surface area contributed by atoms with Gasteiger partial charge in [0.25, 0.3) is 5.91 Å². The third kappa shape index (κ3) is 7.29. The van der Waals surface area contributed by atoms with E-state index in [9.17, 15) is 9.59 Å². The summed E-state index contributed by atoms with van der Waals surface area (Å²) in [6, 6.07) is 19.7. The standard InChI is InChI=1S/C26H25BrN2O4/c1-17(2)23-13-4-18(3)14-24(23)32-16-25(30)29-28-15-19-5-11-22(12-6-19)33-26(31)20-7-9-21(27)10-8-20/h4-15,17H,16H2,1-3H3,(H,29,30)/b28-15+. The van der Waals surface area contributed by atoms with Crippen LogP contribution in [0.2, 0.25) is 0 Å². The largest absolute Gasteiger partial charge is 0.483 e. The first kappa shape index (κ1) is 24.2. The van der Waals surface area contributed by atoms with Gasteiger partial charge in [-0.05, 0) is 84.1 Å². The smallest absolute Gasteiger partial charge is 0.343 e. The van der Waals surface area contributed by atoms with Crippen LogP contribution in [0, 0.1) is 6.92 Å². The third-order valence-corrected chi connectivity index (χ3v) is 5.25. The number of carbonyl (C=O) groups is 2. The molecule has 3 aromatic carbocycles. The minimum atomic E-state index is -0.439. The Morgan fingerprint density at radius 3 is 2.39 bits per heavy atom. The molecule has 0 aliphatic carbocycles. The van der Waals surface area contributed by atoms with E-state index in [4.69, 9.17) is 9.47 Å². The van der Waals surface area contributed by atoms with Gasteiger partial charge in [-0.25, -0.2) is 10.2 Å². The lowest BCUT2D eigenvalue weighted by Crippen LogP contribution is -2.25. The second-order valence-corrected chi connectivity index (χ2v) is 8.66. The fourth-order valence-corrected chi connectivity index (χ4v) is 3.24. The van der Waals surface area contributed by atoms with Crippen molar-refractivity contribution in [2.24, 2.45) is 5.10 Å². The van der Waals surface area contributed by atoms with Crippen molar-refractivity contribution in [3.8, 4) is 11.5 Å². The molecular weight excluding hydrogens is 484 g/mol. The number of nitrogens with one attached hydrogen (secondary N) is 1. The Kier molecular flexibility index (Phi) is 8.38. The van der Waals surface area contributed by atoms with Crippen molar-refractivity contribution in [1.29, 1.82) is 0 Å². The average Bonchev–Trinajstić information content (AvgIpc) is 2.79. The van der Waals surface area contributed by atoms with E-state index in [1.165, 1.54) is 6.21 Å². The molecule has 33 heavy (non-hydrogen) atoms. The van der Waals surface area contributed by atoms with Gasteiger partial charge in [0, 0.05) is 4.47 Å². The topological polar surface area (TPSA) is 77.0 Å². The predicted octanol–water partition coefficient (Wildman–Crippen LogP) is 5.63. The summed E-state index contributed by atoms with van der Waals surface area (Å²) in [6.45, 7) is 6.00. The van der Waals surface area contributed by atoms with Crippen molar-refractivity contribution in [2.45, 2.75) is 26.7 Å². The monoisotopic (exact) mass is 508 g/mol. The summed E-state index contributed by atoms with van der Waals surface area (Å²) < 4.78 is 12.0. The van der Waals surface area contributed by atoms with Crippen molar-refractivity contribution in [1.82, 2.24) is 5.43 Å². The molecule has 6 nitrogen and oxygen atoms in total. The summed E-state index contributed by atoms with van der Waals surface area (Å²) in [5.74, 6) is 0.612. The molecule has 0 atom stereocenters. The minimum Gasteiger partial charge on any atom is -0.483 e. The fourth-order valence-electron chi connectivity index (χ4n) is 2.97. The van der Waals surface area contributed by atoms with E-state index in [1.807, 2.05) is 25.1 Å². The highest BCUT2D eigenvalue weighted by Gasteiger charge is 2.10. The first-order valence-electron chi connectivity index (χ1n) is 10.4. The maximum atomic E-state index is 12.2. The van der Waals surface area contributed by atoms with Gasteiger partial charge in [-0.2, -0.15) is 5.10 Å². The Hall–Kier alpha value is -3.45. The van der Waals surface area contributed by atoms with Crippen molar-refractivity contribution in [2.75, 3.05) is 6.61 Å². The second-order valence-electron chi connectivity index (χ2n) is 7.74. The molecule has 0 aliphatic rings. The van der Waals surface area contributed by atoms with Gasteiger partial charge < -0.3 is 9.47 Å². The van der Waals surface area contributed by atoms with Gasteiger partial charge >= 0.3 is 5.97 Å². The van der Waals surface area contributed by atoms with Crippen LogP contribution in [-0.4, -0.2) is 24.7 Å². The molecule has 1 amide bonds. The van der Waals surface area contributed by atoms with Crippen molar-refractivity contribution < 1.29 is 19.1 Å². The SMILES string of the molecule is Cc1ccc(C(C)C)c(OCC(=O)N/N=C/c2ccc(OC(=O)c3ccc(Br)cc3)cc2)c1. The molecule has 1 N–H and O–H groups in total. The maximum absolute atomic E-state index is 12.2. The Labute approximate surface area is 201 Å². The number of rotatable bonds is 8. The summed E-state index contributed by atoms with van der Waals surface area (Å²) in [4.78, 5) is 24.3. The van der Waals surface area contributed by atoms with Gasteiger partial charge in [0.05, 0.1) is 11.8 Å². The van der Waals surface area contributed by atoms with Gasteiger partial charge in [0.2, 0.25) is 0 Å². The molecular formula is C26H25BrN2O4. The minimum absolute atomic E-state index is 0.133.